The van der Waals surface area contributed by atoms with Gasteiger partial charge in [0.25, 0.3) is 0 Å². The molecule has 1 saturated carbocycles. The minimum atomic E-state index is -3.65. The summed E-state index contributed by atoms with van der Waals surface area (Å²) in [6, 6.07) is 5.84. The molecule has 1 aliphatic rings. The van der Waals surface area contributed by atoms with E-state index >= 15 is 0 Å². The molecule has 0 aliphatic heterocycles. The van der Waals surface area contributed by atoms with E-state index in [1.54, 1.807) is 30.7 Å². The van der Waals surface area contributed by atoms with Crippen LogP contribution >= 0.6 is 0 Å². The molecule has 26 heavy (non-hydrogen) atoms. The van der Waals surface area contributed by atoms with Gasteiger partial charge in [0.15, 0.2) is 0 Å². The first-order valence-corrected chi connectivity index (χ1v) is 10.7. The fraction of sp³-hybridized carbons (Fsp3) is 0.526. The van der Waals surface area contributed by atoms with Crippen LogP contribution in [0.2, 0.25) is 0 Å². The van der Waals surface area contributed by atoms with E-state index in [-0.39, 0.29) is 16.8 Å². The van der Waals surface area contributed by atoms with Gasteiger partial charge in [0.05, 0.1) is 17.1 Å². The molecular formula is C19H26FN3O2S. The predicted octanol–water partition coefficient (Wildman–Crippen LogP) is 4.02. The highest BCUT2D eigenvalue weighted by molar-refractivity contribution is 7.89. The zero-order chi connectivity index (χ0) is 18.7. The van der Waals surface area contributed by atoms with Crippen LogP contribution in [0.3, 0.4) is 0 Å². The van der Waals surface area contributed by atoms with Crippen molar-refractivity contribution in [3.63, 3.8) is 0 Å². The van der Waals surface area contributed by atoms with Gasteiger partial charge >= 0.3 is 0 Å². The van der Waals surface area contributed by atoms with Gasteiger partial charge in [0.2, 0.25) is 10.0 Å². The molecule has 0 atom stereocenters. The number of nitrogens with zero attached hydrogens (tertiary/aromatic N) is 2. The van der Waals surface area contributed by atoms with Crippen molar-refractivity contribution in [2.75, 3.05) is 0 Å². The maximum Gasteiger partial charge on any atom is 0.244 e. The molecule has 0 saturated heterocycles. The zero-order valence-corrected chi connectivity index (χ0v) is 16.2. The van der Waals surface area contributed by atoms with E-state index in [0.717, 1.165) is 25.7 Å². The molecule has 2 aromatic rings. The van der Waals surface area contributed by atoms with Gasteiger partial charge in [-0.2, -0.15) is 5.10 Å². The van der Waals surface area contributed by atoms with Gasteiger partial charge < -0.3 is 0 Å². The fourth-order valence-electron chi connectivity index (χ4n) is 3.70. The van der Waals surface area contributed by atoms with Crippen molar-refractivity contribution >= 4 is 10.0 Å². The topological polar surface area (TPSA) is 64.0 Å². The molecule has 1 aromatic carbocycles. The third-order valence-electron chi connectivity index (χ3n) is 4.99. The number of hydrogen-bond acceptors (Lipinski definition) is 3. The number of halogens is 1. The number of hydrogen-bond donors (Lipinski definition) is 1. The van der Waals surface area contributed by atoms with Crippen LogP contribution in [0.4, 0.5) is 4.39 Å². The van der Waals surface area contributed by atoms with Gasteiger partial charge in [-0.05, 0) is 51.0 Å². The van der Waals surface area contributed by atoms with E-state index in [1.165, 1.54) is 31.4 Å². The Bertz CT molecular complexity index is 852. The molecule has 0 amide bonds. The first-order chi connectivity index (χ1) is 12.4. The Morgan fingerprint density at radius 3 is 2.23 bits per heavy atom. The Kier molecular flexibility index (Phi) is 5.77. The standard InChI is InChI=1S/C19H26FN3O2S/c1-14-19(15(2)23(21-14)18-12-10-16(20)11-13-18)26(24,25)22-17-8-6-4-3-5-7-9-17/h10-13,17,22H,3-9H2,1-2H3. The van der Waals surface area contributed by atoms with Crippen molar-refractivity contribution in [3.8, 4) is 5.69 Å². The number of aromatic nitrogens is 2. The van der Waals surface area contributed by atoms with Crippen LogP contribution in [0.5, 0.6) is 0 Å². The Balaban J connectivity index is 1.88. The summed E-state index contributed by atoms with van der Waals surface area (Å²) < 4.78 is 43.6. The molecule has 1 aliphatic carbocycles. The van der Waals surface area contributed by atoms with Crippen molar-refractivity contribution in [1.82, 2.24) is 14.5 Å². The van der Waals surface area contributed by atoms with Crippen molar-refractivity contribution in [3.05, 3.63) is 41.5 Å². The second-order valence-electron chi connectivity index (χ2n) is 7.05. The van der Waals surface area contributed by atoms with Gasteiger partial charge in [-0.15, -0.1) is 0 Å². The Morgan fingerprint density at radius 2 is 1.62 bits per heavy atom. The first kappa shape index (κ1) is 19.0. The molecule has 0 bridgehead atoms. The van der Waals surface area contributed by atoms with E-state index in [2.05, 4.69) is 9.82 Å². The van der Waals surface area contributed by atoms with Gasteiger partial charge in [-0.25, -0.2) is 22.2 Å². The van der Waals surface area contributed by atoms with Crippen LogP contribution in [0, 0.1) is 19.7 Å². The zero-order valence-electron chi connectivity index (χ0n) is 15.3. The molecule has 3 rings (SSSR count). The number of rotatable bonds is 4. The second kappa shape index (κ2) is 7.88. The van der Waals surface area contributed by atoms with E-state index in [4.69, 9.17) is 0 Å². The quantitative estimate of drug-likeness (QED) is 0.873. The summed E-state index contributed by atoms with van der Waals surface area (Å²) in [5.74, 6) is -0.339. The molecule has 142 valence electrons. The molecule has 7 heteroatoms. The Hall–Kier alpha value is -1.73. The minimum Gasteiger partial charge on any atom is -0.236 e. The molecule has 0 radical (unpaired) electrons. The highest BCUT2D eigenvalue weighted by atomic mass is 32.2. The third-order valence-corrected chi connectivity index (χ3v) is 6.76. The van der Waals surface area contributed by atoms with Crippen LogP contribution in [-0.2, 0) is 10.0 Å². The SMILES string of the molecule is Cc1nn(-c2ccc(F)cc2)c(C)c1S(=O)(=O)NC1CCCCCCC1. The largest absolute Gasteiger partial charge is 0.244 e. The van der Waals surface area contributed by atoms with Crippen LogP contribution < -0.4 is 4.72 Å². The number of aryl methyl sites for hydroxylation is 1. The van der Waals surface area contributed by atoms with E-state index < -0.39 is 10.0 Å². The maximum atomic E-state index is 13.2. The molecule has 1 aromatic heterocycles. The van der Waals surface area contributed by atoms with Crippen molar-refractivity contribution < 1.29 is 12.8 Å². The summed E-state index contributed by atoms with van der Waals surface area (Å²) >= 11 is 0. The lowest BCUT2D eigenvalue weighted by molar-refractivity contribution is 0.426. The summed E-state index contributed by atoms with van der Waals surface area (Å²) in [5, 5.41) is 4.38. The molecule has 0 spiro atoms. The Labute approximate surface area is 154 Å². The molecule has 1 N–H and O–H groups in total. The van der Waals surface area contributed by atoms with Crippen LogP contribution in [0.1, 0.15) is 56.3 Å². The van der Waals surface area contributed by atoms with Crippen molar-refractivity contribution in [2.45, 2.75) is 69.7 Å². The number of nitrogens with one attached hydrogen (secondary N) is 1. The number of benzene rings is 1. The molecular weight excluding hydrogens is 353 g/mol. The maximum absolute atomic E-state index is 13.2. The van der Waals surface area contributed by atoms with Crippen molar-refractivity contribution in [2.24, 2.45) is 0 Å². The number of sulfonamides is 1. The van der Waals surface area contributed by atoms with Crippen LogP contribution in [0.15, 0.2) is 29.2 Å². The molecule has 5 nitrogen and oxygen atoms in total. The van der Waals surface area contributed by atoms with Crippen molar-refractivity contribution in [1.29, 1.82) is 0 Å². The molecule has 1 fully saturated rings. The second-order valence-corrected chi connectivity index (χ2v) is 8.70. The fourth-order valence-corrected chi connectivity index (χ4v) is 5.40. The average molecular weight is 380 g/mol. The lowest BCUT2D eigenvalue weighted by atomic mass is 9.97. The molecule has 1 heterocycles. The third kappa shape index (κ3) is 4.15. The highest BCUT2D eigenvalue weighted by Crippen LogP contribution is 2.25. The van der Waals surface area contributed by atoms with E-state index in [0.29, 0.717) is 17.1 Å². The first-order valence-electron chi connectivity index (χ1n) is 9.23. The van der Waals surface area contributed by atoms with Gasteiger partial charge in [0, 0.05) is 6.04 Å². The highest BCUT2D eigenvalue weighted by Gasteiger charge is 2.27. The van der Waals surface area contributed by atoms with Gasteiger partial charge in [0.1, 0.15) is 10.7 Å². The Morgan fingerprint density at radius 1 is 1.04 bits per heavy atom. The van der Waals surface area contributed by atoms with Gasteiger partial charge in [-0.1, -0.05) is 32.1 Å². The van der Waals surface area contributed by atoms with E-state index in [9.17, 15) is 12.8 Å². The van der Waals surface area contributed by atoms with Gasteiger partial charge in [-0.3, -0.25) is 0 Å². The lowest BCUT2D eigenvalue weighted by Crippen LogP contribution is -2.35. The smallest absolute Gasteiger partial charge is 0.236 e. The van der Waals surface area contributed by atoms with E-state index in [1.807, 2.05) is 0 Å². The summed E-state index contributed by atoms with van der Waals surface area (Å²) in [5.41, 5.74) is 1.62. The summed E-state index contributed by atoms with van der Waals surface area (Å²) in [6.07, 6.45) is 7.44. The summed E-state index contributed by atoms with van der Waals surface area (Å²) in [4.78, 5) is 0.226. The predicted molar refractivity (Wildman–Crippen MR) is 99.4 cm³/mol. The monoisotopic (exact) mass is 379 g/mol. The average Bonchev–Trinajstić information content (AvgIpc) is 2.86. The normalized spacial score (nSPS) is 17.0. The summed E-state index contributed by atoms with van der Waals surface area (Å²) in [6.45, 7) is 3.43. The minimum absolute atomic E-state index is 0.0201. The lowest BCUT2D eigenvalue weighted by Gasteiger charge is -2.21. The van der Waals surface area contributed by atoms with Crippen LogP contribution in [-0.4, -0.2) is 24.2 Å². The summed E-state index contributed by atoms with van der Waals surface area (Å²) in [7, 11) is -3.65. The molecule has 0 unspecified atom stereocenters. The van der Waals surface area contributed by atoms with Crippen LogP contribution in [0.25, 0.3) is 5.69 Å².